The second-order valence-electron chi connectivity index (χ2n) is 3.53. The summed E-state index contributed by atoms with van der Waals surface area (Å²) in [6, 6.07) is 0. The molecule has 5 atom stereocenters. The van der Waals surface area contributed by atoms with Gasteiger partial charge in [-0.25, -0.2) is 0 Å². The molecule has 0 aromatic heterocycles. The third-order valence-corrected chi connectivity index (χ3v) is 2.41. The normalized spacial score (nSPS) is 39.4. The van der Waals surface area contributed by atoms with E-state index in [-0.39, 0.29) is 0 Å². The summed E-state index contributed by atoms with van der Waals surface area (Å²) < 4.78 is 9.81. The zero-order valence-corrected chi connectivity index (χ0v) is 9.16. The van der Waals surface area contributed by atoms with Gasteiger partial charge in [-0.2, -0.15) is 0 Å². The fourth-order valence-corrected chi connectivity index (χ4v) is 1.53. The Balaban J connectivity index is 2.74. The molecule has 4 N–H and O–H groups in total. The van der Waals surface area contributed by atoms with Crippen LogP contribution in [-0.2, 0) is 14.3 Å². The first-order valence-corrected chi connectivity index (χ1v) is 5.03. The van der Waals surface area contributed by atoms with Gasteiger partial charge in [-0.05, 0) is 6.92 Å². The number of amides is 1. The SMILES string of the molecule is CCNC(=O)C1O[C@@H](OC)[C@@H](O)C(O)[C@@H]1O. The van der Waals surface area contributed by atoms with Crippen molar-refractivity contribution < 1.29 is 29.6 Å². The number of methoxy groups -OCH3 is 1. The molecular weight excluding hydrogens is 218 g/mol. The van der Waals surface area contributed by atoms with Crippen molar-refractivity contribution in [3.8, 4) is 0 Å². The van der Waals surface area contributed by atoms with Crippen LogP contribution in [0, 0.1) is 0 Å². The van der Waals surface area contributed by atoms with E-state index in [1.807, 2.05) is 0 Å². The largest absolute Gasteiger partial charge is 0.387 e. The lowest BCUT2D eigenvalue weighted by atomic mass is 9.98. The number of hydrogen-bond acceptors (Lipinski definition) is 6. The van der Waals surface area contributed by atoms with Gasteiger partial charge in [-0.3, -0.25) is 4.79 Å². The van der Waals surface area contributed by atoms with Crippen LogP contribution in [0.25, 0.3) is 0 Å². The number of nitrogens with one attached hydrogen (secondary N) is 1. The van der Waals surface area contributed by atoms with E-state index in [0.29, 0.717) is 6.54 Å². The van der Waals surface area contributed by atoms with E-state index in [9.17, 15) is 20.1 Å². The molecule has 0 aromatic rings. The molecule has 94 valence electrons. The summed E-state index contributed by atoms with van der Waals surface area (Å²) >= 11 is 0. The quantitative estimate of drug-likeness (QED) is 0.433. The van der Waals surface area contributed by atoms with E-state index in [2.05, 4.69) is 5.32 Å². The average Bonchev–Trinajstić information content (AvgIpc) is 2.27. The molecule has 0 bridgehead atoms. The summed E-state index contributed by atoms with van der Waals surface area (Å²) in [5.41, 5.74) is 0. The van der Waals surface area contributed by atoms with E-state index < -0.39 is 36.6 Å². The van der Waals surface area contributed by atoms with E-state index in [1.165, 1.54) is 7.11 Å². The van der Waals surface area contributed by atoms with Gasteiger partial charge in [0, 0.05) is 13.7 Å². The third kappa shape index (κ3) is 2.50. The van der Waals surface area contributed by atoms with Crippen molar-refractivity contribution in [3.05, 3.63) is 0 Å². The summed E-state index contributed by atoms with van der Waals surface area (Å²) in [5.74, 6) is -0.553. The molecule has 1 saturated heterocycles. The Morgan fingerprint density at radius 1 is 1.31 bits per heavy atom. The molecule has 0 saturated carbocycles. The molecule has 1 heterocycles. The maximum Gasteiger partial charge on any atom is 0.252 e. The van der Waals surface area contributed by atoms with Crippen LogP contribution in [0.1, 0.15) is 6.92 Å². The highest BCUT2D eigenvalue weighted by Gasteiger charge is 2.46. The Morgan fingerprint density at radius 2 is 1.94 bits per heavy atom. The third-order valence-electron chi connectivity index (χ3n) is 2.41. The summed E-state index contributed by atoms with van der Waals surface area (Å²) in [5, 5.41) is 31.0. The number of carbonyl (C=O) groups excluding carboxylic acids is 1. The summed E-state index contributed by atoms with van der Waals surface area (Å²) in [7, 11) is 1.27. The highest BCUT2D eigenvalue weighted by atomic mass is 16.7. The van der Waals surface area contributed by atoms with Crippen LogP contribution in [0.5, 0.6) is 0 Å². The molecule has 7 nitrogen and oxygen atoms in total. The van der Waals surface area contributed by atoms with Gasteiger partial charge in [-0.15, -0.1) is 0 Å². The van der Waals surface area contributed by atoms with Gasteiger partial charge in [0.2, 0.25) is 0 Å². The molecule has 2 unspecified atom stereocenters. The molecule has 0 aliphatic carbocycles. The van der Waals surface area contributed by atoms with E-state index in [0.717, 1.165) is 0 Å². The van der Waals surface area contributed by atoms with E-state index in [1.54, 1.807) is 6.92 Å². The van der Waals surface area contributed by atoms with Crippen molar-refractivity contribution in [2.24, 2.45) is 0 Å². The van der Waals surface area contributed by atoms with Crippen LogP contribution in [0.3, 0.4) is 0 Å². The Kier molecular flexibility index (Phi) is 4.63. The molecule has 1 aliphatic rings. The van der Waals surface area contributed by atoms with Gasteiger partial charge in [0.05, 0.1) is 0 Å². The van der Waals surface area contributed by atoms with E-state index in [4.69, 9.17) is 9.47 Å². The number of rotatable bonds is 3. The monoisotopic (exact) mass is 235 g/mol. The van der Waals surface area contributed by atoms with Crippen molar-refractivity contribution in [1.29, 1.82) is 0 Å². The van der Waals surface area contributed by atoms with Crippen LogP contribution in [0.15, 0.2) is 0 Å². The van der Waals surface area contributed by atoms with E-state index >= 15 is 0 Å². The fraction of sp³-hybridized carbons (Fsp3) is 0.889. The minimum atomic E-state index is -1.48. The van der Waals surface area contributed by atoms with Gasteiger partial charge < -0.3 is 30.1 Å². The first-order valence-electron chi connectivity index (χ1n) is 5.03. The number of ether oxygens (including phenoxy) is 2. The number of carbonyl (C=O) groups is 1. The maximum atomic E-state index is 11.5. The van der Waals surface area contributed by atoms with Gasteiger partial charge in [-0.1, -0.05) is 0 Å². The predicted molar refractivity (Wildman–Crippen MR) is 52.4 cm³/mol. The average molecular weight is 235 g/mol. The van der Waals surface area contributed by atoms with Crippen LogP contribution in [0.4, 0.5) is 0 Å². The second kappa shape index (κ2) is 5.55. The van der Waals surface area contributed by atoms with Crippen LogP contribution in [-0.4, -0.2) is 65.6 Å². The topological polar surface area (TPSA) is 108 Å². The smallest absolute Gasteiger partial charge is 0.252 e. The van der Waals surface area contributed by atoms with Crippen molar-refractivity contribution in [1.82, 2.24) is 5.32 Å². The van der Waals surface area contributed by atoms with Crippen molar-refractivity contribution in [2.75, 3.05) is 13.7 Å². The molecule has 16 heavy (non-hydrogen) atoms. The molecular formula is C9H17NO6. The van der Waals surface area contributed by atoms with Crippen LogP contribution >= 0.6 is 0 Å². The Bertz CT molecular complexity index is 246. The molecule has 0 spiro atoms. The van der Waals surface area contributed by atoms with Crippen LogP contribution in [0.2, 0.25) is 0 Å². The molecule has 1 rings (SSSR count). The predicted octanol–water partition coefficient (Wildman–Crippen LogP) is -2.42. The zero-order valence-electron chi connectivity index (χ0n) is 9.16. The highest BCUT2D eigenvalue weighted by Crippen LogP contribution is 2.21. The number of aliphatic hydroxyl groups is 3. The van der Waals surface area contributed by atoms with Crippen LogP contribution < -0.4 is 5.32 Å². The Morgan fingerprint density at radius 3 is 2.44 bits per heavy atom. The fourth-order valence-electron chi connectivity index (χ4n) is 1.53. The lowest BCUT2D eigenvalue weighted by Crippen LogP contribution is -2.61. The van der Waals surface area contributed by atoms with Gasteiger partial charge in [0.25, 0.3) is 5.91 Å². The molecule has 1 fully saturated rings. The summed E-state index contributed by atoms with van der Waals surface area (Å²) in [6.07, 6.45) is -6.72. The minimum Gasteiger partial charge on any atom is -0.387 e. The molecule has 1 amide bonds. The summed E-state index contributed by atoms with van der Waals surface area (Å²) in [4.78, 5) is 11.5. The lowest BCUT2D eigenvalue weighted by Gasteiger charge is -2.38. The Hall–Kier alpha value is -0.730. The minimum absolute atomic E-state index is 0.377. The highest BCUT2D eigenvalue weighted by molar-refractivity contribution is 5.81. The van der Waals surface area contributed by atoms with Gasteiger partial charge in [0.1, 0.15) is 18.3 Å². The number of likely N-dealkylation sites (N-methyl/N-ethyl adjacent to an activating group) is 1. The molecule has 7 heteroatoms. The lowest BCUT2D eigenvalue weighted by molar-refractivity contribution is -0.283. The van der Waals surface area contributed by atoms with Gasteiger partial charge in [0.15, 0.2) is 12.4 Å². The number of hydrogen-bond donors (Lipinski definition) is 4. The van der Waals surface area contributed by atoms with Gasteiger partial charge >= 0.3 is 0 Å². The first-order chi connectivity index (χ1) is 7.52. The maximum absolute atomic E-state index is 11.5. The molecule has 0 radical (unpaired) electrons. The molecule has 0 aromatic carbocycles. The standard InChI is InChI=1S/C9H17NO6/c1-3-10-8(14)7-5(12)4(11)6(13)9(15-2)16-7/h4-7,9,11-13H,3H2,1-2H3,(H,10,14)/t4?,5-,6-,7?,9+/m0/s1. The van der Waals surface area contributed by atoms with Crippen molar-refractivity contribution in [3.63, 3.8) is 0 Å². The first kappa shape index (κ1) is 13.3. The Labute approximate surface area is 93.0 Å². The number of aliphatic hydroxyl groups excluding tert-OH is 3. The van der Waals surface area contributed by atoms with Crippen molar-refractivity contribution >= 4 is 5.91 Å². The van der Waals surface area contributed by atoms with Crippen molar-refractivity contribution in [2.45, 2.75) is 37.6 Å². The second-order valence-corrected chi connectivity index (χ2v) is 3.53. The molecule has 1 aliphatic heterocycles. The zero-order chi connectivity index (χ0) is 12.3. The summed E-state index contributed by atoms with van der Waals surface area (Å²) in [6.45, 7) is 2.09.